The van der Waals surface area contributed by atoms with Crippen LogP contribution in [0.4, 0.5) is 0 Å². The van der Waals surface area contributed by atoms with Crippen LogP contribution < -0.4 is 0 Å². The molecule has 0 saturated heterocycles. The molecule has 12 nitrogen and oxygen atoms in total. The first-order valence-electron chi connectivity index (χ1n) is 66.2. The lowest BCUT2D eigenvalue weighted by atomic mass is 9.94. The Labute approximate surface area is 904 Å². The summed E-state index contributed by atoms with van der Waals surface area (Å²) in [5, 5.41) is 0. The van der Waals surface area contributed by atoms with Crippen LogP contribution in [0.25, 0.3) is 0 Å². The van der Waals surface area contributed by atoms with Crippen LogP contribution in [-0.2, 0) is 38.1 Å². The molecule has 0 spiro atoms. The van der Waals surface area contributed by atoms with E-state index in [2.05, 4.69) is 103 Å². The molecule has 860 valence electrons. The van der Waals surface area contributed by atoms with Gasteiger partial charge in [-0.25, -0.2) is 0 Å². The smallest absolute Gasteiger partial charge is 0.308 e. The average molecular weight is 2040 g/mol. The van der Waals surface area contributed by atoms with Gasteiger partial charge in [0.25, 0.3) is 0 Å². The van der Waals surface area contributed by atoms with E-state index < -0.39 is 0 Å². The van der Waals surface area contributed by atoms with Crippen LogP contribution in [0.3, 0.4) is 0 Å². The van der Waals surface area contributed by atoms with Gasteiger partial charge < -0.3 is 38.5 Å². The number of unbranched alkanes of at least 4 members (excludes halogenated alkanes) is 80. The third kappa shape index (κ3) is 111. The number of esters is 4. The van der Waals surface area contributed by atoms with E-state index >= 15 is 0 Å². The van der Waals surface area contributed by atoms with Crippen molar-refractivity contribution >= 4 is 23.9 Å². The van der Waals surface area contributed by atoms with Gasteiger partial charge in [0.1, 0.15) is 0 Å². The Bertz CT molecular complexity index is 2310. The van der Waals surface area contributed by atoms with Crippen LogP contribution in [0.15, 0.2) is 0 Å². The minimum absolute atomic E-state index is 0.0949. The third-order valence-electron chi connectivity index (χ3n) is 31.8. The molecule has 0 bridgehead atoms. The van der Waals surface area contributed by atoms with Crippen molar-refractivity contribution < 1.29 is 38.1 Å². The minimum atomic E-state index is 0.0949. The van der Waals surface area contributed by atoms with Gasteiger partial charge in [-0.1, -0.05) is 595 Å². The number of likely N-dealkylation sites (N-methyl/N-ethyl adjacent to an activating group) is 2. The molecular formula is C132H264N4O8. The maximum atomic E-state index is 13.3. The normalized spacial score (nSPS) is 12.6. The molecule has 4 atom stereocenters. The minimum Gasteiger partial charge on any atom is -0.465 e. The number of rotatable bonds is 122. The summed E-state index contributed by atoms with van der Waals surface area (Å²) in [5.74, 6) is 0.857. The molecule has 0 saturated carbocycles. The van der Waals surface area contributed by atoms with Gasteiger partial charge in [-0.15, -0.1) is 0 Å². The van der Waals surface area contributed by atoms with Crippen molar-refractivity contribution in [1.82, 2.24) is 19.6 Å². The average Bonchev–Trinajstić information content (AvgIpc) is 0.948. The van der Waals surface area contributed by atoms with Gasteiger partial charge in [0.2, 0.25) is 0 Å². The summed E-state index contributed by atoms with van der Waals surface area (Å²) in [6.45, 7) is 30.2. The van der Waals surface area contributed by atoms with E-state index in [4.69, 9.17) is 18.9 Å². The van der Waals surface area contributed by atoms with Crippen LogP contribution >= 0.6 is 0 Å². The second kappa shape index (κ2) is 123. The highest BCUT2D eigenvalue weighted by Gasteiger charge is 2.25. The summed E-state index contributed by atoms with van der Waals surface area (Å²) in [6, 6.07) is 0. The zero-order valence-corrected chi connectivity index (χ0v) is 101. The molecule has 0 aliphatic heterocycles. The fourth-order valence-corrected chi connectivity index (χ4v) is 21.5. The van der Waals surface area contributed by atoms with Gasteiger partial charge in [-0.2, -0.15) is 0 Å². The van der Waals surface area contributed by atoms with Crippen LogP contribution in [0.1, 0.15) is 697 Å². The van der Waals surface area contributed by atoms with Crippen molar-refractivity contribution in [2.24, 2.45) is 23.7 Å². The molecule has 4 unspecified atom stereocenters. The van der Waals surface area contributed by atoms with Crippen molar-refractivity contribution in [3.63, 3.8) is 0 Å². The van der Waals surface area contributed by atoms with Gasteiger partial charge in [0.15, 0.2) is 0 Å². The standard InChI is InChI=1S/C70H140N2O4.C62H124N2O4/c1-7-11-15-19-23-27-29-35-43-51-59-67(57-49-41-33-25-21-17-13-9-3)69(73)75-65-55-47-39-31-37-45-53-61-72(64-63-71(5)6)62-54-46-38-32-40-48-56-66-76-70(74)68(58-50-42-34-26-22-18-14-10-4)60-52-44-36-30-28-24-20-16-12-8-2;1-7-11-15-19-23-27-35-43-51-59(49-41-33-21-17-13-9-3)61(65)67-57-47-39-31-25-29-37-45-53-64(56-55-63(5)6)54-46-38-30-26-32-40-48-58-68-62(66)60(50-42-34-22-18-14-10-4)52-44-36-28-24-20-16-12-8-2/h67-68H,7-66H2,1-6H3;59-60H,7-58H2,1-6H3. The Balaban J connectivity index is 0. The fraction of sp³-hybridized carbons (Fsp3) is 0.970. The number of ether oxygens (including phenoxy) is 4. The summed E-state index contributed by atoms with van der Waals surface area (Å²) < 4.78 is 23.7. The van der Waals surface area contributed by atoms with Crippen LogP contribution in [0.5, 0.6) is 0 Å². The van der Waals surface area contributed by atoms with Crippen molar-refractivity contribution in [2.75, 3.05) is 107 Å². The van der Waals surface area contributed by atoms with E-state index in [1.807, 2.05) is 0 Å². The van der Waals surface area contributed by atoms with Crippen LogP contribution in [-0.4, -0.2) is 150 Å². The Morgan fingerprint density at radius 2 is 0.250 bits per heavy atom. The summed E-state index contributed by atoms with van der Waals surface area (Å²) >= 11 is 0. The molecular weight excluding hydrogens is 1770 g/mol. The van der Waals surface area contributed by atoms with Gasteiger partial charge in [-0.3, -0.25) is 19.2 Å². The second-order valence-corrected chi connectivity index (χ2v) is 46.8. The highest BCUT2D eigenvalue weighted by atomic mass is 16.5. The topological polar surface area (TPSA) is 118 Å². The zero-order chi connectivity index (χ0) is 105. The number of hydrogen-bond acceptors (Lipinski definition) is 12. The molecule has 12 heteroatoms. The quantitative estimate of drug-likeness (QED) is 0.0328. The molecule has 144 heavy (non-hydrogen) atoms. The van der Waals surface area contributed by atoms with Crippen molar-refractivity contribution in [1.29, 1.82) is 0 Å². The predicted molar refractivity (Wildman–Crippen MR) is 635 cm³/mol. The van der Waals surface area contributed by atoms with E-state index in [0.29, 0.717) is 26.4 Å². The Morgan fingerprint density at radius 1 is 0.139 bits per heavy atom. The Morgan fingerprint density at radius 3 is 0.375 bits per heavy atom. The maximum absolute atomic E-state index is 13.3. The summed E-state index contributed by atoms with van der Waals surface area (Å²) in [4.78, 5) is 62.9. The number of nitrogens with zero attached hydrogens (tertiary/aromatic N) is 4. The monoisotopic (exact) mass is 2030 g/mol. The molecule has 0 aliphatic carbocycles. The van der Waals surface area contributed by atoms with Gasteiger partial charge in [-0.05, 0) is 157 Å². The SMILES string of the molecule is CCCCCCCCCCC(CCCCCCCC)C(=O)OCCCCCCCCCN(CCCCCCCCCOC(=O)C(CCCCCCCC)CCCCCCCCCC)CCN(C)C.CCCCCCCCCCCCC(CCCCCCCCCC)C(=O)OCCCCCCCCCN(CCCCCCCCCOC(=O)C(CCCCCCCCCC)CCCCCCCCCCCC)CCN(C)C. The zero-order valence-electron chi connectivity index (χ0n) is 101. The first kappa shape index (κ1) is 144. The van der Waals surface area contributed by atoms with E-state index in [0.717, 1.165) is 90.1 Å². The van der Waals surface area contributed by atoms with Crippen molar-refractivity contribution in [2.45, 2.75) is 697 Å². The maximum Gasteiger partial charge on any atom is 0.308 e. The molecule has 0 fully saturated rings. The summed E-state index contributed by atoms with van der Waals surface area (Å²) in [5.41, 5.74) is 0. The van der Waals surface area contributed by atoms with Gasteiger partial charge in [0, 0.05) is 26.2 Å². The van der Waals surface area contributed by atoms with E-state index in [9.17, 15) is 19.2 Å². The highest BCUT2D eigenvalue weighted by Crippen LogP contribution is 2.29. The second-order valence-electron chi connectivity index (χ2n) is 46.8. The summed E-state index contributed by atoms with van der Waals surface area (Å²) in [7, 11) is 8.79. The molecule has 0 aromatic heterocycles. The largest absolute Gasteiger partial charge is 0.465 e. The van der Waals surface area contributed by atoms with Gasteiger partial charge in [0.05, 0.1) is 50.1 Å². The van der Waals surface area contributed by atoms with Gasteiger partial charge >= 0.3 is 23.9 Å². The van der Waals surface area contributed by atoms with Crippen LogP contribution in [0, 0.1) is 23.7 Å². The highest BCUT2D eigenvalue weighted by molar-refractivity contribution is 5.73. The fourth-order valence-electron chi connectivity index (χ4n) is 21.5. The molecule has 0 rings (SSSR count). The first-order chi connectivity index (χ1) is 70.8. The molecule has 0 amide bonds. The lowest BCUT2D eigenvalue weighted by Crippen LogP contribution is -2.33. The third-order valence-corrected chi connectivity index (χ3v) is 31.8. The molecule has 0 N–H and O–H groups in total. The lowest BCUT2D eigenvalue weighted by Gasteiger charge is -2.24. The Hall–Kier alpha value is -2.28. The van der Waals surface area contributed by atoms with E-state index in [1.165, 1.54) is 604 Å². The van der Waals surface area contributed by atoms with Crippen molar-refractivity contribution in [3.8, 4) is 0 Å². The van der Waals surface area contributed by atoms with Crippen LogP contribution in [0.2, 0.25) is 0 Å². The number of carbonyl (C=O) groups excluding carboxylic acids is 4. The predicted octanol–water partition coefficient (Wildman–Crippen LogP) is 41.5. The first-order valence-corrected chi connectivity index (χ1v) is 66.2. The number of carbonyl (C=O) groups is 4. The molecule has 0 radical (unpaired) electrons. The summed E-state index contributed by atoms with van der Waals surface area (Å²) in [6.07, 6.45) is 128. The Kier molecular flexibility index (Phi) is 122. The van der Waals surface area contributed by atoms with E-state index in [1.54, 1.807) is 0 Å². The molecule has 0 aromatic carbocycles. The van der Waals surface area contributed by atoms with E-state index in [-0.39, 0.29) is 47.5 Å². The molecule has 0 aliphatic rings. The lowest BCUT2D eigenvalue weighted by molar-refractivity contribution is -0.150. The van der Waals surface area contributed by atoms with Crippen molar-refractivity contribution in [3.05, 3.63) is 0 Å². The number of hydrogen-bond donors (Lipinski definition) is 0. The molecule has 0 heterocycles. The molecule has 0 aromatic rings.